The van der Waals surface area contributed by atoms with Crippen LogP contribution < -0.4 is 10.1 Å². The minimum Gasteiger partial charge on any atom is -0.495 e. The number of anilines is 1. The van der Waals surface area contributed by atoms with E-state index in [-0.39, 0.29) is 21.5 Å². The Morgan fingerprint density at radius 2 is 1.84 bits per heavy atom. The van der Waals surface area contributed by atoms with Crippen LogP contribution in [0, 0.1) is 0 Å². The fourth-order valence-corrected chi connectivity index (χ4v) is 4.71. The number of thioether (sulfide) groups is 1. The van der Waals surface area contributed by atoms with Crippen molar-refractivity contribution in [3.63, 3.8) is 0 Å². The molecule has 11 heteroatoms. The summed E-state index contributed by atoms with van der Waals surface area (Å²) >= 11 is 1.31. The predicted octanol–water partition coefficient (Wildman–Crippen LogP) is 5.11. The van der Waals surface area contributed by atoms with Gasteiger partial charge in [0.05, 0.1) is 18.4 Å². The molecule has 0 bridgehead atoms. The lowest BCUT2D eigenvalue weighted by Crippen LogP contribution is -2.23. The fraction of sp³-hybridized carbons (Fsp3) is 0.381. The number of carbonyl (C=O) groups excluding carboxylic acids is 1. The number of ether oxygens (including phenoxy) is 1. The van der Waals surface area contributed by atoms with Gasteiger partial charge < -0.3 is 10.1 Å². The number of nitrogens with zero attached hydrogens (tertiary/aromatic N) is 1. The number of alkyl halides is 3. The van der Waals surface area contributed by atoms with Crippen LogP contribution in [0.3, 0.4) is 0 Å². The molecule has 0 aliphatic rings. The summed E-state index contributed by atoms with van der Waals surface area (Å²) < 4.78 is 72.0. The molecule has 0 aromatic heterocycles. The Morgan fingerprint density at radius 1 is 1.19 bits per heavy atom. The first-order chi connectivity index (χ1) is 14.8. The number of hydrogen-bond acceptors (Lipinski definition) is 5. The number of hydrogen-bond donors (Lipinski definition) is 1. The predicted molar refractivity (Wildman–Crippen MR) is 119 cm³/mol. The molecule has 1 atom stereocenters. The van der Waals surface area contributed by atoms with Gasteiger partial charge in [-0.3, -0.25) is 4.79 Å². The molecule has 1 amide bonds. The summed E-state index contributed by atoms with van der Waals surface area (Å²) in [4.78, 5) is 12.9. The van der Waals surface area contributed by atoms with Crippen molar-refractivity contribution in [2.24, 2.45) is 0 Å². The Balaban J connectivity index is 2.44. The summed E-state index contributed by atoms with van der Waals surface area (Å²) in [5.41, 5.74) is -1.52. The van der Waals surface area contributed by atoms with Crippen molar-refractivity contribution in [2.75, 3.05) is 26.5 Å². The van der Waals surface area contributed by atoms with Gasteiger partial charge in [0.1, 0.15) is 10.6 Å². The number of amides is 1. The van der Waals surface area contributed by atoms with Gasteiger partial charge in [-0.2, -0.15) is 13.2 Å². The van der Waals surface area contributed by atoms with E-state index in [2.05, 4.69) is 5.32 Å². The van der Waals surface area contributed by atoms with Crippen molar-refractivity contribution in [2.45, 2.75) is 41.5 Å². The summed E-state index contributed by atoms with van der Waals surface area (Å²) in [7, 11) is -0.0469. The average molecular weight is 491 g/mol. The SMILES string of the molecule is CCC(C)Sc1ccc(NC(=O)c2ccc(OC)c(S(=O)(=O)N(C)C)c2)c(C(F)(F)F)c1. The van der Waals surface area contributed by atoms with Crippen LogP contribution >= 0.6 is 11.8 Å². The second-order valence-corrected chi connectivity index (χ2v) is 10.8. The number of benzene rings is 2. The van der Waals surface area contributed by atoms with Gasteiger partial charge in [0.15, 0.2) is 0 Å². The first-order valence-electron chi connectivity index (χ1n) is 9.61. The molecule has 0 saturated carbocycles. The molecule has 6 nitrogen and oxygen atoms in total. The maximum Gasteiger partial charge on any atom is 0.418 e. The lowest BCUT2D eigenvalue weighted by molar-refractivity contribution is -0.137. The highest BCUT2D eigenvalue weighted by molar-refractivity contribution is 7.99. The Kier molecular flexibility index (Phi) is 8.24. The van der Waals surface area contributed by atoms with Crippen LogP contribution in [0.4, 0.5) is 18.9 Å². The molecule has 32 heavy (non-hydrogen) atoms. The van der Waals surface area contributed by atoms with Gasteiger partial charge in [-0.15, -0.1) is 11.8 Å². The highest BCUT2D eigenvalue weighted by Crippen LogP contribution is 2.38. The summed E-state index contributed by atoms with van der Waals surface area (Å²) in [5, 5.41) is 2.39. The molecule has 0 aliphatic heterocycles. The maximum absolute atomic E-state index is 13.6. The smallest absolute Gasteiger partial charge is 0.418 e. The topological polar surface area (TPSA) is 75.7 Å². The van der Waals surface area contributed by atoms with E-state index < -0.39 is 33.4 Å². The van der Waals surface area contributed by atoms with Crippen molar-refractivity contribution in [3.05, 3.63) is 47.5 Å². The van der Waals surface area contributed by atoms with Crippen LogP contribution in [0.1, 0.15) is 36.2 Å². The normalized spacial score (nSPS) is 13.2. The van der Waals surface area contributed by atoms with Gasteiger partial charge in [-0.1, -0.05) is 13.8 Å². The molecule has 0 radical (unpaired) electrons. The fourth-order valence-electron chi connectivity index (χ4n) is 2.67. The van der Waals surface area contributed by atoms with Crippen molar-refractivity contribution < 1.29 is 31.1 Å². The van der Waals surface area contributed by atoms with E-state index in [1.165, 1.54) is 57.2 Å². The maximum atomic E-state index is 13.6. The Labute approximate surface area is 190 Å². The second kappa shape index (κ2) is 10.1. The monoisotopic (exact) mass is 490 g/mol. The van der Waals surface area contributed by atoms with Gasteiger partial charge in [0.25, 0.3) is 5.91 Å². The molecule has 176 valence electrons. The van der Waals surface area contributed by atoms with Gasteiger partial charge in [-0.25, -0.2) is 12.7 Å². The van der Waals surface area contributed by atoms with Crippen molar-refractivity contribution in [3.8, 4) is 5.75 Å². The zero-order chi connectivity index (χ0) is 24.3. The number of halogens is 3. The zero-order valence-corrected chi connectivity index (χ0v) is 19.9. The second-order valence-electron chi connectivity index (χ2n) is 7.15. The third-order valence-electron chi connectivity index (χ3n) is 4.64. The number of sulfonamides is 1. The van der Waals surface area contributed by atoms with Crippen LogP contribution in [0.15, 0.2) is 46.2 Å². The molecule has 2 aromatic carbocycles. The van der Waals surface area contributed by atoms with E-state index in [4.69, 9.17) is 4.74 Å². The molecule has 0 heterocycles. The lowest BCUT2D eigenvalue weighted by atomic mass is 10.1. The van der Waals surface area contributed by atoms with Crippen LogP contribution in [0.2, 0.25) is 0 Å². The minimum absolute atomic E-state index is 0.0117. The van der Waals surface area contributed by atoms with E-state index in [0.717, 1.165) is 22.9 Å². The largest absolute Gasteiger partial charge is 0.495 e. The number of rotatable bonds is 8. The molecule has 2 rings (SSSR count). The third-order valence-corrected chi connectivity index (χ3v) is 7.74. The van der Waals surface area contributed by atoms with Gasteiger partial charge in [0, 0.05) is 29.8 Å². The summed E-state index contributed by atoms with van der Waals surface area (Å²) in [6.07, 6.45) is -3.89. The first kappa shape index (κ1) is 26.0. The molecule has 0 aliphatic carbocycles. The van der Waals surface area contributed by atoms with Gasteiger partial charge in [0.2, 0.25) is 10.0 Å². The quantitative estimate of drug-likeness (QED) is 0.521. The van der Waals surface area contributed by atoms with Crippen LogP contribution in [0.25, 0.3) is 0 Å². The number of methoxy groups -OCH3 is 1. The minimum atomic E-state index is -4.69. The Bertz CT molecular complexity index is 1090. The van der Waals surface area contributed by atoms with Crippen molar-refractivity contribution >= 4 is 33.4 Å². The highest BCUT2D eigenvalue weighted by atomic mass is 32.2. The van der Waals surface area contributed by atoms with E-state index >= 15 is 0 Å². The van der Waals surface area contributed by atoms with E-state index in [9.17, 15) is 26.4 Å². The van der Waals surface area contributed by atoms with E-state index in [0.29, 0.717) is 4.90 Å². The zero-order valence-electron chi connectivity index (χ0n) is 18.3. The van der Waals surface area contributed by atoms with Gasteiger partial charge in [-0.05, 0) is 42.8 Å². The van der Waals surface area contributed by atoms with Crippen LogP contribution in [-0.2, 0) is 16.2 Å². The molecule has 1 unspecified atom stereocenters. The Hall–Kier alpha value is -2.24. The first-order valence-corrected chi connectivity index (χ1v) is 11.9. The molecular formula is C21H25F3N2O4S2. The Morgan fingerprint density at radius 3 is 2.38 bits per heavy atom. The lowest BCUT2D eigenvalue weighted by Gasteiger charge is -2.18. The molecule has 0 saturated heterocycles. The van der Waals surface area contributed by atoms with Crippen LogP contribution in [0.5, 0.6) is 5.75 Å². The number of nitrogens with one attached hydrogen (secondary N) is 1. The molecule has 0 fully saturated rings. The number of carbonyl (C=O) groups is 1. The molecule has 2 aromatic rings. The highest BCUT2D eigenvalue weighted by Gasteiger charge is 2.34. The van der Waals surface area contributed by atoms with Crippen molar-refractivity contribution in [1.82, 2.24) is 4.31 Å². The van der Waals surface area contributed by atoms with Crippen LogP contribution in [-0.4, -0.2) is 45.1 Å². The van der Waals surface area contributed by atoms with E-state index in [1.54, 1.807) is 0 Å². The average Bonchev–Trinajstić information content (AvgIpc) is 2.73. The van der Waals surface area contributed by atoms with Gasteiger partial charge >= 0.3 is 6.18 Å². The third kappa shape index (κ3) is 5.96. The van der Waals surface area contributed by atoms with Crippen molar-refractivity contribution in [1.29, 1.82) is 0 Å². The molecular weight excluding hydrogens is 465 g/mol. The summed E-state index contributed by atoms with van der Waals surface area (Å²) in [6.45, 7) is 3.85. The van der Waals surface area contributed by atoms with E-state index in [1.807, 2.05) is 13.8 Å². The molecule has 0 spiro atoms. The standard InChI is InChI=1S/C21H25F3N2O4S2/c1-6-13(2)31-15-8-9-17(16(12-15)21(22,23)24)25-20(27)14-7-10-18(30-5)19(11-14)32(28,29)26(3)4/h7-13H,6H2,1-5H3,(H,25,27). The summed E-state index contributed by atoms with van der Waals surface area (Å²) in [5.74, 6) is -0.867. The molecule has 1 N–H and O–H groups in total. The summed E-state index contributed by atoms with van der Waals surface area (Å²) in [6, 6.07) is 7.35.